The number of rotatable bonds is 8. The van der Waals surface area contributed by atoms with Crippen LogP contribution >= 0.6 is 0 Å². The van der Waals surface area contributed by atoms with Crippen molar-refractivity contribution in [2.45, 2.75) is 38.8 Å². The van der Waals surface area contributed by atoms with Gasteiger partial charge in [-0.05, 0) is 44.9 Å². The highest BCUT2D eigenvalue weighted by atomic mass is 32.2. The molecular formula is C13H22N2O3S. The van der Waals surface area contributed by atoms with Crippen molar-refractivity contribution in [3.63, 3.8) is 0 Å². The summed E-state index contributed by atoms with van der Waals surface area (Å²) in [6, 6.07) is 4.29. The van der Waals surface area contributed by atoms with Crippen molar-refractivity contribution < 1.29 is 12.8 Å². The molecule has 0 spiro atoms. The summed E-state index contributed by atoms with van der Waals surface area (Å²) in [5.41, 5.74) is 0. The molecule has 0 unspecified atom stereocenters. The van der Waals surface area contributed by atoms with Gasteiger partial charge in [0.15, 0.2) is 0 Å². The molecule has 0 saturated heterocycles. The lowest BCUT2D eigenvalue weighted by molar-refractivity contribution is 0.397. The van der Waals surface area contributed by atoms with Crippen molar-refractivity contribution >= 4 is 10.0 Å². The number of nitrogens with zero attached hydrogens (tertiary/aromatic N) is 1. The Labute approximate surface area is 115 Å². The van der Waals surface area contributed by atoms with Crippen molar-refractivity contribution in [3.05, 3.63) is 23.7 Å². The number of sulfonamides is 1. The Bertz CT molecular complexity index is 506. The molecule has 0 bridgehead atoms. The van der Waals surface area contributed by atoms with E-state index in [9.17, 15) is 8.42 Å². The van der Waals surface area contributed by atoms with Crippen LogP contribution in [-0.4, -0.2) is 38.1 Å². The van der Waals surface area contributed by atoms with Crippen LogP contribution < -0.4 is 5.32 Å². The minimum Gasteiger partial charge on any atom is -0.465 e. The highest BCUT2D eigenvalue weighted by molar-refractivity contribution is 7.89. The first kappa shape index (κ1) is 14.6. The van der Waals surface area contributed by atoms with Gasteiger partial charge in [0, 0.05) is 13.1 Å². The summed E-state index contributed by atoms with van der Waals surface area (Å²) in [7, 11) is -1.59. The van der Waals surface area contributed by atoms with Crippen molar-refractivity contribution in [2.24, 2.45) is 0 Å². The van der Waals surface area contributed by atoms with Crippen molar-refractivity contribution in [1.29, 1.82) is 0 Å². The topological polar surface area (TPSA) is 62.6 Å². The number of aryl methyl sites for hydroxylation is 1. The van der Waals surface area contributed by atoms with Gasteiger partial charge in [-0.2, -0.15) is 4.31 Å². The lowest BCUT2D eigenvalue weighted by Crippen LogP contribution is -2.30. The number of hydrogen-bond acceptors (Lipinski definition) is 4. The van der Waals surface area contributed by atoms with Gasteiger partial charge in [0.05, 0.1) is 12.3 Å². The average Bonchev–Trinajstić information content (AvgIpc) is 3.08. The zero-order chi connectivity index (χ0) is 13.9. The van der Waals surface area contributed by atoms with Gasteiger partial charge in [-0.1, -0.05) is 0 Å². The first-order valence-corrected chi connectivity index (χ1v) is 8.31. The second-order valence-electron chi connectivity index (χ2n) is 5.17. The Morgan fingerprint density at radius 2 is 2.16 bits per heavy atom. The maximum absolute atomic E-state index is 12.1. The smallest absolute Gasteiger partial charge is 0.214 e. The zero-order valence-corrected chi connectivity index (χ0v) is 12.4. The van der Waals surface area contributed by atoms with Gasteiger partial charge < -0.3 is 9.73 Å². The van der Waals surface area contributed by atoms with Crippen molar-refractivity contribution in [3.8, 4) is 0 Å². The summed E-state index contributed by atoms with van der Waals surface area (Å²) in [6.45, 7) is 2.92. The molecule has 0 radical (unpaired) electrons. The van der Waals surface area contributed by atoms with Crippen LogP contribution in [0.4, 0.5) is 0 Å². The fourth-order valence-corrected chi connectivity index (χ4v) is 3.04. The molecule has 2 rings (SSSR count). The monoisotopic (exact) mass is 286 g/mol. The maximum atomic E-state index is 12.1. The molecule has 0 amide bonds. The van der Waals surface area contributed by atoms with Gasteiger partial charge in [-0.25, -0.2) is 8.42 Å². The molecule has 1 heterocycles. The molecule has 1 fully saturated rings. The fourth-order valence-electron chi connectivity index (χ4n) is 1.89. The molecule has 1 saturated carbocycles. The van der Waals surface area contributed by atoms with Crippen LogP contribution in [0.1, 0.15) is 30.8 Å². The predicted molar refractivity (Wildman–Crippen MR) is 74.3 cm³/mol. The summed E-state index contributed by atoms with van der Waals surface area (Å²) < 4.78 is 30.9. The Morgan fingerprint density at radius 3 is 2.74 bits per heavy atom. The molecule has 108 valence electrons. The molecule has 0 atom stereocenters. The second-order valence-corrected chi connectivity index (χ2v) is 7.36. The molecule has 1 aliphatic carbocycles. The van der Waals surface area contributed by atoms with Crippen molar-refractivity contribution in [1.82, 2.24) is 9.62 Å². The predicted octanol–water partition coefficient (Wildman–Crippen LogP) is 1.49. The number of nitrogens with one attached hydrogen (secondary N) is 1. The van der Waals surface area contributed by atoms with Gasteiger partial charge >= 0.3 is 0 Å². The highest BCUT2D eigenvalue weighted by Gasteiger charge is 2.21. The zero-order valence-electron chi connectivity index (χ0n) is 11.6. The number of hydrogen-bond donors (Lipinski definition) is 1. The van der Waals surface area contributed by atoms with Crippen LogP contribution in [0.2, 0.25) is 0 Å². The van der Waals surface area contributed by atoms with Crippen LogP contribution in [0.15, 0.2) is 16.5 Å². The van der Waals surface area contributed by atoms with Gasteiger partial charge in [-0.15, -0.1) is 0 Å². The van der Waals surface area contributed by atoms with E-state index in [1.54, 1.807) is 7.05 Å². The van der Waals surface area contributed by atoms with Gasteiger partial charge in [-0.3, -0.25) is 0 Å². The van der Waals surface area contributed by atoms with Crippen LogP contribution in [0.25, 0.3) is 0 Å². The number of furan rings is 1. The quantitative estimate of drug-likeness (QED) is 0.736. The van der Waals surface area contributed by atoms with Crippen LogP contribution in [0, 0.1) is 6.92 Å². The molecule has 1 aliphatic rings. The third kappa shape index (κ3) is 4.63. The third-order valence-electron chi connectivity index (χ3n) is 3.24. The van der Waals surface area contributed by atoms with E-state index >= 15 is 0 Å². The van der Waals surface area contributed by atoms with Crippen molar-refractivity contribution in [2.75, 3.05) is 19.3 Å². The van der Waals surface area contributed by atoms with Crippen LogP contribution in [-0.2, 0) is 16.6 Å². The van der Waals surface area contributed by atoms with Gasteiger partial charge in [0.2, 0.25) is 10.0 Å². The molecule has 19 heavy (non-hydrogen) atoms. The molecule has 1 aromatic heterocycles. The van der Waals surface area contributed by atoms with Gasteiger partial charge in [0.1, 0.15) is 11.5 Å². The van der Waals surface area contributed by atoms with E-state index in [1.807, 2.05) is 19.1 Å². The average molecular weight is 286 g/mol. The van der Waals surface area contributed by atoms with E-state index in [-0.39, 0.29) is 5.75 Å². The van der Waals surface area contributed by atoms with Crippen LogP contribution in [0.5, 0.6) is 0 Å². The van der Waals surface area contributed by atoms with E-state index in [0.29, 0.717) is 24.8 Å². The lowest BCUT2D eigenvalue weighted by atomic mass is 10.4. The molecule has 0 aromatic carbocycles. The maximum Gasteiger partial charge on any atom is 0.214 e. The van der Waals surface area contributed by atoms with Crippen LogP contribution in [0.3, 0.4) is 0 Å². The second kappa shape index (κ2) is 6.07. The Morgan fingerprint density at radius 1 is 1.42 bits per heavy atom. The van der Waals surface area contributed by atoms with E-state index in [0.717, 1.165) is 12.3 Å². The molecule has 1 aromatic rings. The molecule has 5 nitrogen and oxygen atoms in total. The fraction of sp³-hybridized carbons (Fsp3) is 0.692. The summed E-state index contributed by atoms with van der Waals surface area (Å²) in [6.07, 6.45) is 3.11. The lowest BCUT2D eigenvalue weighted by Gasteiger charge is -2.15. The summed E-state index contributed by atoms with van der Waals surface area (Å²) in [5.74, 6) is 1.66. The molecule has 1 N–H and O–H groups in total. The molecule has 6 heteroatoms. The summed E-state index contributed by atoms with van der Waals surface area (Å²) >= 11 is 0. The molecule has 0 aliphatic heterocycles. The SMILES string of the molecule is Cc1ccc(CN(C)S(=O)(=O)CCCNC2CC2)o1. The normalized spacial score (nSPS) is 16.2. The first-order valence-electron chi connectivity index (χ1n) is 6.70. The standard InChI is InChI=1S/C13H22N2O3S/c1-11-4-7-13(18-11)10-15(2)19(16,17)9-3-8-14-12-5-6-12/h4,7,12,14H,3,5-6,8-10H2,1-2H3. The molecular weight excluding hydrogens is 264 g/mol. The largest absolute Gasteiger partial charge is 0.465 e. The summed E-state index contributed by atoms with van der Waals surface area (Å²) in [5, 5.41) is 3.32. The van der Waals surface area contributed by atoms with E-state index in [1.165, 1.54) is 17.1 Å². The third-order valence-corrected chi connectivity index (χ3v) is 5.12. The van der Waals surface area contributed by atoms with E-state index in [4.69, 9.17) is 4.42 Å². The Balaban J connectivity index is 1.76. The van der Waals surface area contributed by atoms with E-state index < -0.39 is 10.0 Å². The first-order chi connectivity index (χ1) is 8.97. The minimum atomic E-state index is -3.19. The Kier molecular flexibility index (Phi) is 4.65. The minimum absolute atomic E-state index is 0.183. The Hall–Kier alpha value is -0.850. The highest BCUT2D eigenvalue weighted by Crippen LogP contribution is 2.18. The van der Waals surface area contributed by atoms with E-state index in [2.05, 4.69) is 5.32 Å². The van der Waals surface area contributed by atoms with Gasteiger partial charge in [0.25, 0.3) is 0 Å². The summed E-state index contributed by atoms with van der Waals surface area (Å²) in [4.78, 5) is 0.